The second kappa shape index (κ2) is 7.07. The van der Waals surface area contributed by atoms with E-state index in [9.17, 15) is 4.79 Å². The number of nitrogens with one attached hydrogen (secondary N) is 1. The van der Waals surface area contributed by atoms with Gasteiger partial charge in [0.25, 0.3) is 0 Å². The van der Waals surface area contributed by atoms with Gasteiger partial charge in [0.05, 0.1) is 0 Å². The smallest absolute Gasteiger partial charge is 0.227 e. The van der Waals surface area contributed by atoms with Gasteiger partial charge in [-0.05, 0) is 35.6 Å². The van der Waals surface area contributed by atoms with Gasteiger partial charge in [-0.2, -0.15) is 0 Å². The Morgan fingerprint density at radius 3 is 2.05 bits per heavy atom. The van der Waals surface area contributed by atoms with E-state index in [-0.39, 0.29) is 11.8 Å². The van der Waals surface area contributed by atoms with Crippen LogP contribution in [0.4, 0.5) is 5.69 Å². The maximum atomic E-state index is 12.2. The van der Waals surface area contributed by atoms with Gasteiger partial charge in [-0.1, -0.05) is 63.2 Å². The maximum Gasteiger partial charge on any atom is 0.227 e. The largest absolute Gasteiger partial charge is 0.326 e. The SMILES string of the molecule is CCC(C(=O)Nc1ccc(-c2ccccc2)cc1)C(C)C. The van der Waals surface area contributed by atoms with Gasteiger partial charge in [0, 0.05) is 11.6 Å². The van der Waals surface area contributed by atoms with Crippen LogP contribution in [-0.2, 0) is 4.79 Å². The molecule has 0 saturated carbocycles. The summed E-state index contributed by atoms with van der Waals surface area (Å²) < 4.78 is 0. The topological polar surface area (TPSA) is 29.1 Å². The molecule has 2 aromatic rings. The number of rotatable bonds is 5. The van der Waals surface area contributed by atoms with E-state index in [0.29, 0.717) is 5.92 Å². The summed E-state index contributed by atoms with van der Waals surface area (Å²) in [5, 5.41) is 3.01. The maximum absolute atomic E-state index is 12.2. The molecule has 1 unspecified atom stereocenters. The average molecular weight is 281 g/mol. The minimum atomic E-state index is 0.0683. The van der Waals surface area contributed by atoms with E-state index < -0.39 is 0 Å². The molecule has 21 heavy (non-hydrogen) atoms. The van der Waals surface area contributed by atoms with Gasteiger partial charge in [-0.3, -0.25) is 4.79 Å². The molecule has 0 spiro atoms. The number of hydrogen-bond donors (Lipinski definition) is 1. The standard InChI is InChI=1S/C19H23NO/c1-4-18(14(2)3)19(21)20-17-12-10-16(11-13-17)15-8-6-5-7-9-15/h5-14,18H,4H2,1-3H3,(H,20,21). The molecule has 110 valence electrons. The van der Waals surface area contributed by atoms with Crippen LogP contribution >= 0.6 is 0 Å². The molecule has 0 aliphatic rings. The van der Waals surface area contributed by atoms with Crippen molar-refractivity contribution in [2.75, 3.05) is 5.32 Å². The molecular weight excluding hydrogens is 258 g/mol. The Morgan fingerprint density at radius 1 is 0.952 bits per heavy atom. The van der Waals surface area contributed by atoms with E-state index in [1.54, 1.807) is 0 Å². The van der Waals surface area contributed by atoms with Crippen molar-refractivity contribution in [1.29, 1.82) is 0 Å². The Labute approximate surface area is 127 Å². The summed E-state index contributed by atoms with van der Waals surface area (Å²) in [6.45, 7) is 6.24. The van der Waals surface area contributed by atoms with Crippen LogP contribution in [0, 0.1) is 11.8 Å². The van der Waals surface area contributed by atoms with Gasteiger partial charge < -0.3 is 5.32 Å². The van der Waals surface area contributed by atoms with E-state index in [4.69, 9.17) is 0 Å². The second-order valence-corrected chi connectivity index (χ2v) is 5.69. The molecule has 0 aliphatic carbocycles. The Hall–Kier alpha value is -2.09. The fourth-order valence-corrected chi connectivity index (χ4v) is 2.57. The Balaban J connectivity index is 2.08. The van der Waals surface area contributed by atoms with E-state index in [1.807, 2.05) is 42.5 Å². The molecule has 2 rings (SSSR count). The highest BCUT2D eigenvalue weighted by molar-refractivity contribution is 5.92. The van der Waals surface area contributed by atoms with E-state index in [2.05, 4.69) is 38.2 Å². The van der Waals surface area contributed by atoms with Crippen molar-refractivity contribution in [3.8, 4) is 11.1 Å². The van der Waals surface area contributed by atoms with Crippen LogP contribution < -0.4 is 5.32 Å². The number of carbonyl (C=O) groups excluding carboxylic acids is 1. The van der Waals surface area contributed by atoms with Crippen LogP contribution in [0.3, 0.4) is 0 Å². The van der Waals surface area contributed by atoms with Crippen LogP contribution in [0.15, 0.2) is 54.6 Å². The summed E-state index contributed by atoms with van der Waals surface area (Å²) in [4.78, 5) is 12.2. The third kappa shape index (κ3) is 3.94. The molecule has 0 aromatic heterocycles. The fraction of sp³-hybridized carbons (Fsp3) is 0.316. The summed E-state index contributed by atoms with van der Waals surface area (Å²) in [6, 6.07) is 18.2. The zero-order chi connectivity index (χ0) is 15.2. The summed E-state index contributed by atoms with van der Waals surface area (Å²) in [5.74, 6) is 0.539. The van der Waals surface area contributed by atoms with Gasteiger partial charge in [-0.15, -0.1) is 0 Å². The Kier molecular flexibility index (Phi) is 5.15. The highest BCUT2D eigenvalue weighted by Gasteiger charge is 2.19. The quantitative estimate of drug-likeness (QED) is 0.823. The molecule has 2 aromatic carbocycles. The number of anilines is 1. The highest BCUT2D eigenvalue weighted by atomic mass is 16.1. The Bertz CT molecular complexity index is 572. The predicted octanol–water partition coefficient (Wildman–Crippen LogP) is 4.97. The van der Waals surface area contributed by atoms with Gasteiger partial charge in [0.15, 0.2) is 0 Å². The molecule has 0 fully saturated rings. The monoisotopic (exact) mass is 281 g/mol. The normalized spacial score (nSPS) is 12.2. The lowest BCUT2D eigenvalue weighted by Crippen LogP contribution is -2.26. The van der Waals surface area contributed by atoms with Crippen molar-refractivity contribution in [3.63, 3.8) is 0 Å². The molecule has 2 heteroatoms. The third-order valence-corrected chi connectivity index (χ3v) is 3.84. The molecule has 2 nitrogen and oxygen atoms in total. The van der Waals surface area contributed by atoms with Crippen LogP contribution in [0.25, 0.3) is 11.1 Å². The lowest BCUT2D eigenvalue weighted by Gasteiger charge is -2.18. The van der Waals surface area contributed by atoms with E-state index >= 15 is 0 Å². The van der Waals surface area contributed by atoms with Crippen molar-refractivity contribution >= 4 is 11.6 Å². The van der Waals surface area contributed by atoms with Crippen LogP contribution in [0.2, 0.25) is 0 Å². The van der Waals surface area contributed by atoms with E-state index in [1.165, 1.54) is 5.56 Å². The van der Waals surface area contributed by atoms with Crippen LogP contribution in [0.1, 0.15) is 27.2 Å². The van der Waals surface area contributed by atoms with Gasteiger partial charge in [0.2, 0.25) is 5.91 Å². The summed E-state index contributed by atoms with van der Waals surface area (Å²) >= 11 is 0. The first-order valence-corrected chi connectivity index (χ1v) is 7.58. The van der Waals surface area contributed by atoms with Gasteiger partial charge in [-0.25, -0.2) is 0 Å². The van der Waals surface area contributed by atoms with Gasteiger partial charge in [0.1, 0.15) is 0 Å². The first kappa shape index (κ1) is 15.3. The van der Waals surface area contributed by atoms with Crippen molar-refractivity contribution in [3.05, 3.63) is 54.6 Å². The zero-order valence-electron chi connectivity index (χ0n) is 13.0. The van der Waals surface area contributed by atoms with Crippen LogP contribution in [0.5, 0.6) is 0 Å². The summed E-state index contributed by atoms with van der Waals surface area (Å²) in [5.41, 5.74) is 3.20. The molecule has 1 amide bonds. The number of amides is 1. The minimum Gasteiger partial charge on any atom is -0.326 e. The molecule has 0 heterocycles. The molecule has 1 atom stereocenters. The first-order valence-electron chi connectivity index (χ1n) is 7.58. The number of carbonyl (C=O) groups is 1. The first-order chi connectivity index (χ1) is 10.1. The predicted molar refractivity (Wildman–Crippen MR) is 89.1 cm³/mol. The molecule has 0 radical (unpaired) electrons. The number of hydrogen-bond acceptors (Lipinski definition) is 1. The lowest BCUT2D eigenvalue weighted by molar-refractivity contribution is -0.121. The Morgan fingerprint density at radius 2 is 1.52 bits per heavy atom. The van der Waals surface area contributed by atoms with Crippen molar-refractivity contribution in [1.82, 2.24) is 0 Å². The molecule has 0 bridgehead atoms. The van der Waals surface area contributed by atoms with Crippen molar-refractivity contribution in [2.24, 2.45) is 11.8 Å². The summed E-state index contributed by atoms with van der Waals surface area (Å²) in [7, 11) is 0. The molecule has 0 saturated heterocycles. The van der Waals surface area contributed by atoms with E-state index in [0.717, 1.165) is 17.7 Å². The molecular formula is C19H23NO. The zero-order valence-corrected chi connectivity index (χ0v) is 13.0. The lowest BCUT2D eigenvalue weighted by atomic mass is 9.92. The van der Waals surface area contributed by atoms with Gasteiger partial charge >= 0.3 is 0 Å². The minimum absolute atomic E-state index is 0.0683. The van der Waals surface area contributed by atoms with Crippen LogP contribution in [-0.4, -0.2) is 5.91 Å². The second-order valence-electron chi connectivity index (χ2n) is 5.69. The highest BCUT2D eigenvalue weighted by Crippen LogP contribution is 2.22. The summed E-state index contributed by atoms with van der Waals surface area (Å²) in [6.07, 6.45) is 0.867. The number of benzene rings is 2. The molecule has 0 aliphatic heterocycles. The molecule has 1 N–H and O–H groups in total. The van der Waals surface area contributed by atoms with Crippen molar-refractivity contribution < 1.29 is 4.79 Å². The fourth-order valence-electron chi connectivity index (χ4n) is 2.57. The van der Waals surface area contributed by atoms with Crippen molar-refractivity contribution in [2.45, 2.75) is 27.2 Å². The third-order valence-electron chi connectivity index (χ3n) is 3.84. The average Bonchev–Trinajstić information content (AvgIpc) is 2.49.